The zero-order chi connectivity index (χ0) is 14.3. The Morgan fingerprint density at radius 3 is 2.42 bits per heavy atom. The minimum Gasteiger partial charge on any atom is -0.478 e. The normalized spacial score (nSPS) is 10.3. The van der Waals surface area contributed by atoms with Crippen LogP contribution in [0.2, 0.25) is 0 Å². The van der Waals surface area contributed by atoms with Crippen LogP contribution in [0.1, 0.15) is 37.0 Å². The van der Waals surface area contributed by atoms with Crippen LogP contribution in [0.5, 0.6) is 0 Å². The number of amides is 2. The lowest BCUT2D eigenvalue weighted by atomic mass is 10.0. The van der Waals surface area contributed by atoms with Crippen molar-refractivity contribution in [2.45, 2.75) is 26.7 Å². The molecule has 0 aliphatic heterocycles. The first-order valence-electron chi connectivity index (χ1n) is 6.45. The third-order valence-corrected chi connectivity index (χ3v) is 3.11. The molecule has 1 aromatic rings. The van der Waals surface area contributed by atoms with E-state index < -0.39 is 5.97 Å². The third kappa shape index (κ3) is 4.62. The molecule has 0 bridgehead atoms. The minimum atomic E-state index is -1.06. The molecule has 2 amide bonds. The van der Waals surface area contributed by atoms with Gasteiger partial charge < -0.3 is 15.7 Å². The molecule has 0 aliphatic rings. The van der Waals surface area contributed by atoms with Crippen molar-refractivity contribution in [2.75, 3.05) is 11.9 Å². The molecule has 1 rings (SSSR count). The predicted molar refractivity (Wildman–Crippen MR) is 74.5 cm³/mol. The highest BCUT2D eigenvalue weighted by Crippen LogP contribution is 2.14. The molecule has 0 saturated heterocycles. The fourth-order valence-corrected chi connectivity index (χ4v) is 1.76. The zero-order valence-corrected chi connectivity index (χ0v) is 11.3. The number of hydrogen-bond acceptors (Lipinski definition) is 2. The van der Waals surface area contributed by atoms with E-state index in [-0.39, 0.29) is 11.6 Å². The quantitative estimate of drug-likeness (QED) is 0.739. The second-order valence-corrected chi connectivity index (χ2v) is 4.37. The summed E-state index contributed by atoms with van der Waals surface area (Å²) in [5.74, 6) is -0.614. The summed E-state index contributed by atoms with van der Waals surface area (Å²) >= 11 is 0. The first-order valence-corrected chi connectivity index (χ1v) is 6.45. The number of benzene rings is 1. The SMILES string of the molecule is CCC(CC)CNC(=O)Nc1ccccc1C(=O)O. The number of aromatic carboxylic acids is 1. The van der Waals surface area contributed by atoms with E-state index in [0.717, 1.165) is 12.8 Å². The first kappa shape index (κ1) is 15.0. The van der Waals surface area contributed by atoms with Gasteiger partial charge in [0, 0.05) is 6.54 Å². The molecule has 104 valence electrons. The average molecular weight is 264 g/mol. The Balaban J connectivity index is 2.60. The number of nitrogens with one attached hydrogen (secondary N) is 2. The van der Waals surface area contributed by atoms with E-state index in [1.807, 2.05) is 0 Å². The lowest BCUT2D eigenvalue weighted by Crippen LogP contribution is -2.33. The average Bonchev–Trinajstić information content (AvgIpc) is 2.40. The Bertz CT molecular complexity index is 442. The molecule has 5 nitrogen and oxygen atoms in total. The standard InChI is InChI=1S/C14H20N2O3/c1-3-10(4-2)9-15-14(19)16-12-8-6-5-7-11(12)13(17)18/h5-8,10H,3-4,9H2,1-2H3,(H,17,18)(H2,15,16,19). The van der Waals surface area contributed by atoms with Crippen LogP contribution in [0.25, 0.3) is 0 Å². The summed E-state index contributed by atoms with van der Waals surface area (Å²) in [6.45, 7) is 4.75. The van der Waals surface area contributed by atoms with Crippen molar-refractivity contribution in [1.82, 2.24) is 5.32 Å². The molecular weight excluding hydrogens is 244 g/mol. The van der Waals surface area contributed by atoms with Gasteiger partial charge in [0.15, 0.2) is 0 Å². The van der Waals surface area contributed by atoms with Crippen molar-refractivity contribution in [3.05, 3.63) is 29.8 Å². The van der Waals surface area contributed by atoms with Crippen LogP contribution in [0.15, 0.2) is 24.3 Å². The van der Waals surface area contributed by atoms with Gasteiger partial charge in [-0.25, -0.2) is 9.59 Å². The van der Waals surface area contributed by atoms with E-state index in [1.165, 1.54) is 6.07 Å². The van der Waals surface area contributed by atoms with Crippen molar-refractivity contribution in [3.63, 3.8) is 0 Å². The summed E-state index contributed by atoms with van der Waals surface area (Å²) in [4.78, 5) is 22.7. The van der Waals surface area contributed by atoms with Crippen molar-refractivity contribution in [1.29, 1.82) is 0 Å². The molecule has 3 N–H and O–H groups in total. The van der Waals surface area contributed by atoms with Gasteiger partial charge in [0.05, 0.1) is 11.3 Å². The molecule has 0 aliphatic carbocycles. The Kier molecular flexibility index (Phi) is 5.85. The van der Waals surface area contributed by atoms with E-state index in [0.29, 0.717) is 18.2 Å². The van der Waals surface area contributed by atoms with Gasteiger partial charge in [0.2, 0.25) is 0 Å². The van der Waals surface area contributed by atoms with Gasteiger partial charge in [0.1, 0.15) is 0 Å². The number of rotatable bonds is 6. The van der Waals surface area contributed by atoms with Gasteiger partial charge in [0.25, 0.3) is 0 Å². The summed E-state index contributed by atoms with van der Waals surface area (Å²) in [5, 5.41) is 14.3. The molecule has 0 atom stereocenters. The third-order valence-electron chi connectivity index (χ3n) is 3.11. The predicted octanol–water partition coefficient (Wildman–Crippen LogP) is 2.94. The largest absolute Gasteiger partial charge is 0.478 e. The summed E-state index contributed by atoms with van der Waals surface area (Å²) < 4.78 is 0. The molecule has 0 aromatic heterocycles. The van der Waals surface area contributed by atoms with E-state index in [9.17, 15) is 9.59 Å². The number of carbonyl (C=O) groups is 2. The fraction of sp³-hybridized carbons (Fsp3) is 0.429. The van der Waals surface area contributed by atoms with Crippen molar-refractivity contribution < 1.29 is 14.7 Å². The fourth-order valence-electron chi connectivity index (χ4n) is 1.76. The van der Waals surface area contributed by atoms with E-state index >= 15 is 0 Å². The molecule has 0 radical (unpaired) electrons. The van der Waals surface area contributed by atoms with Crippen LogP contribution in [-0.2, 0) is 0 Å². The second-order valence-electron chi connectivity index (χ2n) is 4.37. The first-order chi connectivity index (χ1) is 9.08. The highest BCUT2D eigenvalue weighted by molar-refractivity contribution is 5.99. The zero-order valence-electron chi connectivity index (χ0n) is 11.3. The smallest absolute Gasteiger partial charge is 0.337 e. The van der Waals surface area contributed by atoms with Crippen molar-refractivity contribution in [2.24, 2.45) is 5.92 Å². The van der Waals surface area contributed by atoms with Crippen LogP contribution < -0.4 is 10.6 Å². The number of carbonyl (C=O) groups excluding carboxylic acids is 1. The van der Waals surface area contributed by atoms with E-state index in [4.69, 9.17) is 5.11 Å². The number of urea groups is 1. The summed E-state index contributed by atoms with van der Waals surface area (Å²) in [6, 6.07) is 5.96. The van der Waals surface area contributed by atoms with E-state index in [2.05, 4.69) is 24.5 Å². The van der Waals surface area contributed by atoms with Crippen LogP contribution in [0, 0.1) is 5.92 Å². The van der Waals surface area contributed by atoms with E-state index in [1.54, 1.807) is 18.2 Å². The number of para-hydroxylation sites is 1. The lowest BCUT2D eigenvalue weighted by molar-refractivity contribution is 0.0698. The summed E-state index contributed by atoms with van der Waals surface area (Å²) in [7, 11) is 0. The maximum absolute atomic E-state index is 11.7. The Labute approximate surface area is 113 Å². The maximum atomic E-state index is 11.7. The minimum absolute atomic E-state index is 0.0835. The number of carboxylic acid groups (broad SMARTS) is 1. The van der Waals surface area contributed by atoms with Crippen LogP contribution >= 0.6 is 0 Å². The number of hydrogen-bond donors (Lipinski definition) is 3. The number of carboxylic acids is 1. The van der Waals surface area contributed by atoms with Gasteiger partial charge in [-0.15, -0.1) is 0 Å². The Morgan fingerprint density at radius 2 is 1.84 bits per heavy atom. The van der Waals surface area contributed by atoms with Crippen LogP contribution in [0.3, 0.4) is 0 Å². The van der Waals surface area contributed by atoms with Gasteiger partial charge >= 0.3 is 12.0 Å². The molecule has 5 heteroatoms. The van der Waals surface area contributed by atoms with Gasteiger partial charge in [-0.2, -0.15) is 0 Å². The van der Waals surface area contributed by atoms with Gasteiger partial charge in [-0.05, 0) is 18.1 Å². The molecule has 0 unspecified atom stereocenters. The Hall–Kier alpha value is -2.04. The maximum Gasteiger partial charge on any atom is 0.337 e. The summed E-state index contributed by atoms with van der Waals surface area (Å²) in [5.41, 5.74) is 0.386. The topological polar surface area (TPSA) is 78.4 Å². The molecule has 1 aromatic carbocycles. The lowest BCUT2D eigenvalue weighted by Gasteiger charge is -2.14. The molecular formula is C14H20N2O3. The molecule has 0 heterocycles. The highest BCUT2D eigenvalue weighted by atomic mass is 16.4. The second kappa shape index (κ2) is 7.41. The number of anilines is 1. The van der Waals surface area contributed by atoms with Crippen molar-refractivity contribution in [3.8, 4) is 0 Å². The molecule has 0 spiro atoms. The molecule has 19 heavy (non-hydrogen) atoms. The Morgan fingerprint density at radius 1 is 1.21 bits per heavy atom. The van der Waals surface area contributed by atoms with Crippen LogP contribution in [0.4, 0.5) is 10.5 Å². The van der Waals surface area contributed by atoms with Gasteiger partial charge in [-0.3, -0.25) is 0 Å². The van der Waals surface area contributed by atoms with Crippen molar-refractivity contribution >= 4 is 17.7 Å². The summed E-state index contributed by atoms with van der Waals surface area (Å²) in [6.07, 6.45) is 2.00. The highest BCUT2D eigenvalue weighted by Gasteiger charge is 2.12. The monoisotopic (exact) mass is 264 g/mol. The van der Waals surface area contributed by atoms with Gasteiger partial charge in [-0.1, -0.05) is 38.8 Å². The molecule has 0 saturated carbocycles. The van der Waals surface area contributed by atoms with Crippen LogP contribution in [-0.4, -0.2) is 23.7 Å². The molecule has 0 fully saturated rings.